The molecule has 0 fully saturated rings. The van der Waals surface area contributed by atoms with Crippen molar-refractivity contribution in [3.05, 3.63) is 93.4 Å². The quantitative estimate of drug-likeness (QED) is 0.277. The minimum Gasteiger partial charge on any atom is -0.350 e. The molecular formula is C29H32Cl3N3O4S. The van der Waals surface area contributed by atoms with Crippen LogP contribution in [0.5, 0.6) is 0 Å². The SMILES string of the molecule is CC[C@H](C(=O)NC(C)(C)C)N(Cc1ccccc1Cl)C(=O)CN(c1cc(Cl)cc(Cl)c1)S(=O)(=O)c1ccccc1. The lowest BCUT2D eigenvalue weighted by Gasteiger charge is -2.35. The van der Waals surface area contributed by atoms with E-state index in [2.05, 4.69) is 5.32 Å². The van der Waals surface area contributed by atoms with Gasteiger partial charge in [-0.15, -0.1) is 0 Å². The van der Waals surface area contributed by atoms with Gasteiger partial charge < -0.3 is 10.2 Å². The van der Waals surface area contributed by atoms with Gasteiger partial charge >= 0.3 is 0 Å². The Morgan fingerprint density at radius 1 is 0.900 bits per heavy atom. The van der Waals surface area contributed by atoms with Crippen molar-refractivity contribution in [1.29, 1.82) is 0 Å². The highest BCUT2D eigenvalue weighted by Gasteiger charge is 2.35. The monoisotopic (exact) mass is 623 g/mol. The zero-order chi connectivity index (χ0) is 29.7. The maximum Gasteiger partial charge on any atom is 0.264 e. The van der Waals surface area contributed by atoms with Crippen LogP contribution in [0.25, 0.3) is 0 Å². The fourth-order valence-corrected chi connectivity index (χ4v) is 6.24. The van der Waals surface area contributed by atoms with Gasteiger partial charge in [0.25, 0.3) is 10.0 Å². The van der Waals surface area contributed by atoms with Crippen LogP contribution in [-0.2, 0) is 26.2 Å². The molecular weight excluding hydrogens is 593 g/mol. The number of amides is 2. The van der Waals surface area contributed by atoms with E-state index in [9.17, 15) is 18.0 Å². The van der Waals surface area contributed by atoms with Crippen molar-refractivity contribution in [2.24, 2.45) is 0 Å². The molecule has 0 saturated carbocycles. The smallest absolute Gasteiger partial charge is 0.264 e. The molecule has 0 bridgehead atoms. The van der Waals surface area contributed by atoms with Crippen molar-refractivity contribution >= 4 is 62.3 Å². The second-order valence-corrected chi connectivity index (χ2v) is 13.4. The van der Waals surface area contributed by atoms with Crippen LogP contribution in [-0.4, -0.2) is 43.3 Å². The van der Waals surface area contributed by atoms with Gasteiger partial charge in [0.05, 0.1) is 10.6 Å². The summed E-state index contributed by atoms with van der Waals surface area (Å²) in [5.74, 6) is -0.967. The van der Waals surface area contributed by atoms with Crippen LogP contribution in [0, 0.1) is 0 Å². The average molecular weight is 625 g/mol. The minimum atomic E-state index is -4.24. The number of hydrogen-bond acceptors (Lipinski definition) is 4. The molecule has 0 aliphatic heterocycles. The molecule has 2 amide bonds. The molecule has 0 spiro atoms. The number of nitrogens with one attached hydrogen (secondary N) is 1. The lowest BCUT2D eigenvalue weighted by Crippen LogP contribution is -2.55. The number of carbonyl (C=O) groups excluding carboxylic acids is 2. The Labute approximate surface area is 251 Å². The van der Waals surface area contributed by atoms with Crippen LogP contribution < -0.4 is 9.62 Å². The van der Waals surface area contributed by atoms with Crippen molar-refractivity contribution in [1.82, 2.24) is 10.2 Å². The normalized spacial score (nSPS) is 12.5. The van der Waals surface area contributed by atoms with Crippen LogP contribution in [0.15, 0.2) is 77.7 Å². The van der Waals surface area contributed by atoms with Crippen molar-refractivity contribution < 1.29 is 18.0 Å². The Bertz CT molecular complexity index is 1440. The molecule has 0 aliphatic rings. The standard InChI is InChI=1S/C29H32Cl3N3O4S/c1-5-26(28(37)33-29(2,3)4)34(18-20-11-9-10-14-25(20)32)27(36)19-35(23-16-21(30)15-22(31)17-23)40(38,39)24-12-7-6-8-13-24/h6-17,26H,5,18-19H2,1-4H3,(H,33,37)/t26-/m1/s1. The molecule has 7 nitrogen and oxygen atoms in total. The molecule has 1 atom stereocenters. The Balaban J connectivity index is 2.11. The third kappa shape index (κ3) is 8.13. The highest BCUT2D eigenvalue weighted by atomic mass is 35.5. The second-order valence-electron chi connectivity index (χ2n) is 10.2. The van der Waals surface area contributed by atoms with Gasteiger partial charge in [-0.1, -0.05) is 78.1 Å². The number of benzene rings is 3. The predicted molar refractivity (Wildman–Crippen MR) is 161 cm³/mol. The van der Waals surface area contributed by atoms with Crippen LogP contribution in [0.1, 0.15) is 39.7 Å². The zero-order valence-electron chi connectivity index (χ0n) is 22.7. The van der Waals surface area contributed by atoms with E-state index in [0.717, 1.165) is 4.31 Å². The van der Waals surface area contributed by atoms with Crippen LogP contribution in [0.3, 0.4) is 0 Å². The first-order valence-electron chi connectivity index (χ1n) is 12.6. The molecule has 214 valence electrons. The summed E-state index contributed by atoms with van der Waals surface area (Å²) in [5, 5.41) is 3.75. The number of nitrogens with zero attached hydrogens (tertiary/aromatic N) is 2. The molecule has 0 aliphatic carbocycles. The van der Waals surface area contributed by atoms with Gasteiger partial charge in [0.2, 0.25) is 11.8 Å². The Hall–Kier alpha value is -2.78. The number of rotatable bonds is 10. The molecule has 1 N–H and O–H groups in total. The first kappa shape index (κ1) is 31.7. The lowest BCUT2D eigenvalue weighted by molar-refractivity contribution is -0.141. The molecule has 11 heteroatoms. The van der Waals surface area contributed by atoms with Crippen molar-refractivity contribution in [3.8, 4) is 0 Å². The second kappa shape index (κ2) is 13.3. The molecule has 0 aromatic heterocycles. The third-order valence-corrected chi connectivity index (χ3v) is 8.52. The van der Waals surface area contributed by atoms with Crippen LogP contribution in [0.4, 0.5) is 5.69 Å². The van der Waals surface area contributed by atoms with Crippen molar-refractivity contribution in [2.45, 2.75) is 57.1 Å². The maximum absolute atomic E-state index is 14.1. The number of carbonyl (C=O) groups is 2. The first-order valence-corrected chi connectivity index (χ1v) is 15.2. The number of halogens is 3. The highest BCUT2D eigenvalue weighted by Crippen LogP contribution is 2.30. The van der Waals surface area contributed by atoms with Gasteiger partial charge in [0.1, 0.15) is 12.6 Å². The summed E-state index contributed by atoms with van der Waals surface area (Å²) in [6.07, 6.45) is 0.284. The first-order chi connectivity index (χ1) is 18.7. The summed E-state index contributed by atoms with van der Waals surface area (Å²) in [6.45, 7) is 6.69. The van der Waals surface area contributed by atoms with E-state index in [-0.39, 0.29) is 39.5 Å². The highest BCUT2D eigenvalue weighted by molar-refractivity contribution is 7.92. The lowest BCUT2D eigenvalue weighted by atomic mass is 10.1. The molecule has 0 radical (unpaired) electrons. The topological polar surface area (TPSA) is 86.8 Å². The van der Waals surface area contributed by atoms with Gasteiger partial charge in [-0.2, -0.15) is 0 Å². The van der Waals surface area contributed by atoms with E-state index < -0.39 is 34.1 Å². The fourth-order valence-electron chi connectivity index (χ4n) is 4.11. The van der Waals surface area contributed by atoms with E-state index in [4.69, 9.17) is 34.8 Å². The Morgan fingerprint density at radius 2 is 1.48 bits per heavy atom. The molecule has 0 heterocycles. The van der Waals surface area contributed by atoms with E-state index in [1.165, 1.54) is 35.2 Å². The van der Waals surface area contributed by atoms with Gasteiger partial charge in [0, 0.05) is 27.2 Å². The van der Waals surface area contributed by atoms with Gasteiger partial charge in [-0.3, -0.25) is 13.9 Å². The molecule has 0 saturated heterocycles. The maximum atomic E-state index is 14.1. The Kier molecular flexibility index (Phi) is 10.5. The van der Waals surface area contributed by atoms with Crippen molar-refractivity contribution in [3.63, 3.8) is 0 Å². The van der Waals surface area contributed by atoms with Gasteiger partial charge in [0.15, 0.2) is 0 Å². The van der Waals surface area contributed by atoms with E-state index >= 15 is 0 Å². The Morgan fingerprint density at radius 3 is 2.02 bits per heavy atom. The molecule has 3 aromatic carbocycles. The van der Waals surface area contributed by atoms with E-state index in [0.29, 0.717) is 10.6 Å². The predicted octanol–water partition coefficient (Wildman–Crippen LogP) is 6.56. The summed E-state index contributed by atoms with van der Waals surface area (Å²) in [4.78, 5) is 28.8. The number of sulfonamides is 1. The third-order valence-electron chi connectivity index (χ3n) is 5.93. The van der Waals surface area contributed by atoms with Gasteiger partial charge in [-0.25, -0.2) is 8.42 Å². The summed E-state index contributed by atoms with van der Waals surface area (Å²) in [6, 6.07) is 18.1. The minimum absolute atomic E-state index is 0.00982. The fraction of sp³-hybridized carbons (Fsp3) is 0.310. The largest absolute Gasteiger partial charge is 0.350 e. The average Bonchev–Trinajstić information content (AvgIpc) is 2.87. The summed E-state index contributed by atoms with van der Waals surface area (Å²) in [5.41, 5.74) is 0.173. The molecule has 3 rings (SSSR count). The summed E-state index contributed by atoms with van der Waals surface area (Å²) < 4.78 is 28.7. The zero-order valence-corrected chi connectivity index (χ0v) is 25.8. The summed E-state index contributed by atoms with van der Waals surface area (Å²) in [7, 11) is -4.24. The van der Waals surface area contributed by atoms with Crippen molar-refractivity contribution in [2.75, 3.05) is 10.8 Å². The number of hydrogen-bond donors (Lipinski definition) is 1. The van der Waals surface area contributed by atoms with Crippen LogP contribution >= 0.6 is 34.8 Å². The number of anilines is 1. The molecule has 3 aromatic rings. The summed E-state index contributed by atoms with van der Waals surface area (Å²) >= 11 is 18.9. The molecule has 40 heavy (non-hydrogen) atoms. The van der Waals surface area contributed by atoms with E-state index in [1.807, 2.05) is 20.8 Å². The van der Waals surface area contributed by atoms with Crippen LogP contribution in [0.2, 0.25) is 15.1 Å². The molecule has 0 unspecified atom stereocenters. The van der Waals surface area contributed by atoms with Gasteiger partial charge in [-0.05, 0) is 69.2 Å². The van der Waals surface area contributed by atoms with E-state index in [1.54, 1.807) is 49.4 Å².